The highest BCUT2D eigenvalue weighted by Gasteiger charge is 2.28. The second-order valence-electron chi connectivity index (χ2n) is 7.07. The van der Waals surface area contributed by atoms with Crippen LogP contribution in [0.2, 0.25) is 10.0 Å². The van der Waals surface area contributed by atoms with E-state index >= 15 is 0 Å². The smallest absolute Gasteiger partial charge is 0.257 e. The quantitative estimate of drug-likeness (QED) is 0.514. The van der Waals surface area contributed by atoms with Crippen LogP contribution in [-0.2, 0) is 22.6 Å². The van der Waals surface area contributed by atoms with Crippen molar-refractivity contribution in [3.8, 4) is 0 Å². The highest BCUT2D eigenvalue weighted by molar-refractivity contribution is 7.15. The van der Waals surface area contributed by atoms with Gasteiger partial charge in [0.1, 0.15) is 0 Å². The Balaban J connectivity index is 1.37. The summed E-state index contributed by atoms with van der Waals surface area (Å²) in [6, 6.07) is 12.2. The van der Waals surface area contributed by atoms with Crippen molar-refractivity contribution < 1.29 is 14.4 Å². The van der Waals surface area contributed by atoms with Gasteiger partial charge in [-0.1, -0.05) is 41.4 Å². The number of thiazole rings is 1. The van der Waals surface area contributed by atoms with Crippen molar-refractivity contribution in [1.29, 1.82) is 0 Å². The lowest BCUT2D eigenvalue weighted by Gasteiger charge is -2.13. The van der Waals surface area contributed by atoms with Crippen molar-refractivity contribution in [2.75, 3.05) is 5.32 Å². The van der Waals surface area contributed by atoms with Crippen LogP contribution in [-0.4, -0.2) is 27.6 Å². The summed E-state index contributed by atoms with van der Waals surface area (Å²) in [7, 11) is 0. The van der Waals surface area contributed by atoms with Crippen LogP contribution in [0.4, 0.5) is 5.13 Å². The van der Waals surface area contributed by atoms with Crippen LogP contribution in [0.5, 0.6) is 0 Å². The monoisotopic (exact) mass is 473 g/mol. The number of likely N-dealkylation sites (tertiary alicyclic amines) is 1. The van der Waals surface area contributed by atoms with Crippen LogP contribution in [0.3, 0.4) is 0 Å². The van der Waals surface area contributed by atoms with Gasteiger partial charge in [0, 0.05) is 45.9 Å². The van der Waals surface area contributed by atoms with E-state index in [-0.39, 0.29) is 37.1 Å². The van der Waals surface area contributed by atoms with Gasteiger partial charge in [-0.05, 0) is 35.4 Å². The summed E-state index contributed by atoms with van der Waals surface area (Å²) in [6.07, 6.45) is 2.82. The fraction of sp³-hybridized carbons (Fsp3) is 0.182. The summed E-state index contributed by atoms with van der Waals surface area (Å²) in [5, 5.41) is 4.45. The first-order valence-electron chi connectivity index (χ1n) is 9.51. The second-order valence-corrected chi connectivity index (χ2v) is 9.03. The number of carbonyl (C=O) groups is 3. The van der Waals surface area contributed by atoms with Crippen molar-refractivity contribution in [3.63, 3.8) is 0 Å². The van der Waals surface area contributed by atoms with Crippen molar-refractivity contribution >= 4 is 57.4 Å². The van der Waals surface area contributed by atoms with Gasteiger partial charge in [-0.15, -0.1) is 11.3 Å². The zero-order valence-electron chi connectivity index (χ0n) is 16.2. The minimum absolute atomic E-state index is 0.161. The van der Waals surface area contributed by atoms with E-state index in [1.165, 1.54) is 16.2 Å². The number of nitrogens with zero attached hydrogens (tertiary/aromatic N) is 2. The molecule has 1 aliphatic heterocycles. The molecule has 1 aromatic heterocycles. The molecule has 0 bridgehead atoms. The Hall–Kier alpha value is -2.74. The minimum atomic E-state index is -0.287. The van der Waals surface area contributed by atoms with E-state index in [2.05, 4.69) is 10.3 Å². The molecule has 1 N–H and O–H groups in total. The van der Waals surface area contributed by atoms with Gasteiger partial charge in [0.25, 0.3) is 5.91 Å². The Labute approximate surface area is 192 Å². The predicted octanol–water partition coefficient (Wildman–Crippen LogP) is 4.94. The van der Waals surface area contributed by atoms with Crippen molar-refractivity contribution in [2.24, 2.45) is 0 Å². The number of anilines is 1. The Morgan fingerprint density at radius 3 is 2.45 bits per heavy atom. The molecule has 2 heterocycles. The van der Waals surface area contributed by atoms with Crippen molar-refractivity contribution in [3.05, 3.63) is 80.3 Å². The Morgan fingerprint density at radius 1 is 1.06 bits per heavy atom. The molecular weight excluding hydrogens is 457 g/mol. The molecular formula is C22H17Cl2N3O3S. The molecule has 1 fully saturated rings. The highest BCUT2D eigenvalue weighted by Crippen LogP contribution is 2.27. The van der Waals surface area contributed by atoms with Gasteiger partial charge in [0.05, 0.1) is 6.54 Å². The Bertz CT molecular complexity index is 1150. The van der Waals surface area contributed by atoms with Crippen LogP contribution < -0.4 is 5.32 Å². The van der Waals surface area contributed by atoms with E-state index in [0.29, 0.717) is 27.2 Å². The first-order valence-corrected chi connectivity index (χ1v) is 11.1. The van der Waals surface area contributed by atoms with Crippen LogP contribution in [0.15, 0.2) is 48.7 Å². The topological polar surface area (TPSA) is 79.4 Å². The Morgan fingerprint density at radius 2 is 1.77 bits per heavy atom. The molecule has 3 aromatic rings. The van der Waals surface area contributed by atoms with Crippen LogP contribution >= 0.6 is 34.5 Å². The maximum Gasteiger partial charge on any atom is 0.257 e. The van der Waals surface area contributed by atoms with E-state index in [0.717, 1.165) is 16.0 Å². The molecule has 4 rings (SSSR count). The molecule has 0 radical (unpaired) electrons. The van der Waals surface area contributed by atoms with Gasteiger partial charge in [-0.3, -0.25) is 24.6 Å². The zero-order valence-corrected chi connectivity index (χ0v) is 18.6. The largest absolute Gasteiger partial charge is 0.298 e. The second kappa shape index (κ2) is 9.18. The summed E-state index contributed by atoms with van der Waals surface area (Å²) >= 11 is 13.5. The number of aromatic nitrogens is 1. The number of nitrogens with one attached hydrogen (secondary N) is 1. The van der Waals surface area contributed by atoms with Crippen LogP contribution in [0.1, 0.15) is 39.2 Å². The summed E-state index contributed by atoms with van der Waals surface area (Å²) in [4.78, 5) is 42.5. The minimum Gasteiger partial charge on any atom is -0.298 e. The third kappa shape index (κ3) is 5.12. The number of amides is 3. The van der Waals surface area contributed by atoms with E-state index in [1.54, 1.807) is 42.6 Å². The van der Waals surface area contributed by atoms with Crippen LogP contribution in [0, 0.1) is 0 Å². The molecule has 2 aromatic carbocycles. The molecule has 1 saturated heterocycles. The molecule has 3 amide bonds. The molecule has 6 nitrogen and oxygen atoms in total. The van der Waals surface area contributed by atoms with Crippen LogP contribution in [0.25, 0.3) is 0 Å². The number of hydrogen-bond acceptors (Lipinski definition) is 5. The molecule has 1 aliphatic rings. The summed E-state index contributed by atoms with van der Waals surface area (Å²) in [6.45, 7) is 0.225. The van der Waals surface area contributed by atoms with Crippen molar-refractivity contribution in [2.45, 2.75) is 25.8 Å². The maximum atomic E-state index is 12.5. The summed E-state index contributed by atoms with van der Waals surface area (Å²) in [5.74, 6) is -0.608. The van der Waals surface area contributed by atoms with E-state index in [1.807, 2.05) is 6.07 Å². The molecule has 0 spiro atoms. The van der Waals surface area contributed by atoms with Gasteiger partial charge in [0.15, 0.2) is 5.13 Å². The lowest BCUT2D eigenvalue weighted by atomic mass is 10.1. The molecule has 0 unspecified atom stereocenters. The number of benzene rings is 2. The number of halogens is 2. The van der Waals surface area contributed by atoms with E-state index < -0.39 is 0 Å². The van der Waals surface area contributed by atoms with E-state index in [9.17, 15) is 14.4 Å². The predicted molar refractivity (Wildman–Crippen MR) is 121 cm³/mol. The normalized spacial score (nSPS) is 13.7. The average molecular weight is 474 g/mol. The number of carbonyl (C=O) groups excluding carboxylic acids is 3. The van der Waals surface area contributed by atoms with Gasteiger partial charge in [-0.25, -0.2) is 4.98 Å². The zero-order chi connectivity index (χ0) is 22.0. The first-order chi connectivity index (χ1) is 14.9. The third-order valence-electron chi connectivity index (χ3n) is 4.87. The fourth-order valence-corrected chi connectivity index (χ4v) is 4.52. The number of hydrogen-bond donors (Lipinski definition) is 1. The molecule has 0 atom stereocenters. The Kier molecular flexibility index (Phi) is 6.36. The van der Waals surface area contributed by atoms with Gasteiger partial charge >= 0.3 is 0 Å². The summed E-state index contributed by atoms with van der Waals surface area (Å²) in [5.41, 5.74) is 2.18. The number of imide groups is 1. The van der Waals surface area contributed by atoms with E-state index in [4.69, 9.17) is 23.2 Å². The molecule has 31 heavy (non-hydrogen) atoms. The SMILES string of the molecule is O=C(Nc1ncc(Cc2ccc(Cl)cc2Cl)s1)c1ccc(CN2C(=O)CCC2=O)cc1. The standard InChI is InChI=1S/C22H17Cl2N3O3S/c23-16-6-5-15(18(24)10-16)9-17-11-25-22(31-17)26-21(30)14-3-1-13(2-4-14)12-27-19(28)7-8-20(27)29/h1-6,10-11H,7-9,12H2,(H,25,26,30). The molecule has 9 heteroatoms. The molecule has 0 saturated carbocycles. The number of rotatable bonds is 6. The molecule has 0 aliphatic carbocycles. The first kappa shape index (κ1) is 21.5. The van der Waals surface area contributed by atoms with Gasteiger partial charge in [0.2, 0.25) is 11.8 Å². The summed E-state index contributed by atoms with van der Waals surface area (Å²) < 4.78 is 0. The average Bonchev–Trinajstić information content (AvgIpc) is 3.31. The van der Waals surface area contributed by atoms with Gasteiger partial charge in [-0.2, -0.15) is 0 Å². The highest BCUT2D eigenvalue weighted by atomic mass is 35.5. The maximum absolute atomic E-state index is 12.5. The third-order valence-corrected chi connectivity index (χ3v) is 6.37. The van der Waals surface area contributed by atoms with Gasteiger partial charge < -0.3 is 0 Å². The lowest BCUT2D eigenvalue weighted by molar-refractivity contribution is -0.139. The lowest BCUT2D eigenvalue weighted by Crippen LogP contribution is -2.28. The fourth-order valence-electron chi connectivity index (χ4n) is 3.21. The van der Waals surface area contributed by atoms with Crippen molar-refractivity contribution in [1.82, 2.24) is 9.88 Å². The molecule has 158 valence electrons.